The van der Waals surface area contributed by atoms with Crippen molar-refractivity contribution < 1.29 is 0 Å². The molecule has 0 N–H and O–H groups in total. The highest BCUT2D eigenvalue weighted by Crippen LogP contribution is 2.38. The third kappa shape index (κ3) is 2.59. The molecule has 2 unspecified atom stereocenters. The molecule has 3 nitrogen and oxygen atoms in total. The van der Waals surface area contributed by atoms with Crippen LogP contribution in [0.25, 0.3) is 0 Å². The van der Waals surface area contributed by atoms with Gasteiger partial charge in [0.25, 0.3) is 0 Å². The molecule has 1 heterocycles. The standard InChI is InChI=1S/C11H16ClN3/c1-7-4-9(7)6-15(3)11-5-10(12)13-8(2)14-11/h5,7,9H,4,6H2,1-3H3. The number of hydrogen-bond acceptors (Lipinski definition) is 3. The monoisotopic (exact) mass is 225 g/mol. The number of anilines is 1. The van der Waals surface area contributed by atoms with Crippen LogP contribution in [0.2, 0.25) is 5.15 Å². The molecule has 1 saturated carbocycles. The molecule has 4 heteroatoms. The Morgan fingerprint density at radius 2 is 2.20 bits per heavy atom. The summed E-state index contributed by atoms with van der Waals surface area (Å²) in [7, 11) is 2.06. The van der Waals surface area contributed by atoms with E-state index in [1.54, 1.807) is 0 Å². The SMILES string of the molecule is Cc1nc(Cl)cc(N(C)CC2CC2C)n1. The lowest BCUT2D eigenvalue weighted by Gasteiger charge is -2.18. The van der Waals surface area contributed by atoms with Crippen LogP contribution in [0.3, 0.4) is 0 Å². The van der Waals surface area contributed by atoms with Crippen LogP contribution in [0.1, 0.15) is 19.2 Å². The second-order valence-electron chi connectivity index (χ2n) is 4.45. The van der Waals surface area contributed by atoms with Gasteiger partial charge in [-0.1, -0.05) is 18.5 Å². The van der Waals surface area contributed by atoms with Crippen molar-refractivity contribution in [3.05, 3.63) is 17.0 Å². The third-order valence-electron chi connectivity index (χ3n) is 2.97. The quantitative estimate of drug-likeness (QED) is 0.741. The summed E-state index contributed by atoms with van der Waals surface area (Å²) in [6.07, 6.45) is 1.34. The predicted molar refractivity (Wildman–Crippen MR) is 62.3 cm³/mol. The summed E-state index contributed by atoms with van der Waals surface area (Å²) in [5.74, 6) is 3.34. The minimum absolute atomic E-state index is 0.521. The average molecular weight is 226 g/mol. The molecule has 1 aromatic rings. The first-order valence-corrected chi connectivity index (χ1v) is 5.66. The lowest BCUT2D eigenvalue weighted by atomic mass is 10.3. The molecule has 0 aromatic carbocycles. The van der Waals surface area contributed by atoms with Crippen molar-refractivity contribution in [3.8, 4) is 0 Å². The van der Waals surface area contributed by atoms with Gasteiger partial charge in [-0.3, -0.25) is 0 Å². The number of aromatic nitrogens is 2. The molecule has 2 rings (SSSR count). The van der Waals surface area contributed by atoms with Crippen LogP contribution in [-0.2, 0) is 0 Å². The van der Waals surface area contributed by atoms with E-state index in [2.05, 4.69) is 28.8 Å². The van der Waals surface area contributed by atoms with Crippen molar-refractivity contribution in [3.63, 3.8) is 0 Å². The van der Waals surface area contributed by atoms with Gasteiger partial charge in [-0.2, -0.15) is 0 Å². The van der Waals surface area contributed by atoms with Crippen LogP contribution in [0.15, 0.2) is 6.07 Å². The molecule has 1 aliphatic rings. The zero-order valence-electron chi connectivity index (χ0n) is 9.37. The molecular weight excluding hydrogens is 210 g/mol. The minimum Gasteiger partial charge on any atom is -0.359 e. The van der Waals surface area contributed by atoms with Gasteiger partial charge < -0.3 is 4.90 Å². The van der Waals surface area contributed by atoms with Crippen LogP contribution < -0.4 is 4.90 Å². The van der Waals surface area contributed by atoms with Crippen molar-refractivity contribution in [2.45, 2.75) is 20.3 Å². The van der Waals surface area contributed by atoms with Crippen molar-refractivity contribution >= 4 is 17.4 Å². The van der Waals surface area contributed by atoms with E-state index in [9.17, 15) is 0 Å². The molecule has 15 heavy (non-hydrogen) atoms. The van der Waals surface area contributed by atoms with Gasteiger partial charge in [0.1, 0.15) is 16.8 Å². The van der Waals surface area contributed by atoms with E-state index >= 15 is 0 Å². The normalized spacial score (nSPS) is 24.0. The van der Waals surface area contributed by atoms with E-state index < -0.39 is 0 Å². The van der Waals surface area contributed by atoms with Crippen LogP contribution in [0, 0.1) is 18.8 Å². The molecule has 0 amide bonds. The Morgan fingerprint density at radius 1 is 1.53 bits per heavy atom. The Bertz CT molecular complexity index is 347. The van der Waals surface area contributed by atoms with Crippen molar-refractivity contribution in [1.29, 1.82) is 0 Å². The molecule has 1 aromatic heterocycles. The third-order valence-corrected chi connectivity index (χ3v) is 3.16. The summed E-state index contributed by atoms with van der Waals surface area (Å²) in [6.45, 7) is 5.22. The second-order valence-corrected chi connectivity index (χ2v) is 4.84. The number of aryl methyl sites for hydroxylation is 1. The highest BCUT2D eigenvalue weighted by atomic mass is 35.5. The Kier molecular flexibility index (Phi) is 2.83. The Morgan fingerprint density at radius 3 is 2.73 bits per heavy atom. The first kappa shape index (κ1) is 10.7. The summed E-state index contributed by atoms with van der Waals surface area (Å²) in [6, 6.07) is 1.82. The molecule has 0 bridgehead atoms. The van der Waals surface area contributed by atoms with E-state index in [4.69, 9.17) is 11.6 Å². The molecule has 1 aliphatic carbocycles. The summed E-state index contributed by atoms with van der Waals surface area (Å²) in [5.41, 5.74) is 0. The van der Waals surface area contributed by atoms with Gasteiger partial charge in [0, 0.05) is 19.7 Å². The largest absolute Gasteiger partial charge is 0.359 e. The van der Waals surface area contributed by atoms with E-state index in [0.29, 0.717) is 5.15 Å². The lowest BCUT2D eigenvalue weighted by molar-refractivity contribution is 0.717. The topological polar surface area (TPSA) is 29.0 Å². The Hall–Kier alpha value is -0.830. The smallest absolute Gasteiger partial charge is 0.134 e. The average Bonchev–Trinajstić information content (AvgIpc) is 2.79. The number of hydrogen-bond donors (Lipinski definition) is 0. The maximum Gasteiger partial charge on any atom is 0.134 e. The van der Waals surface area contributed by atoms with Gasteiger partial charge in [-0.25, -0.2) is 9.97 Å². The first-order chi connectivity index (χ1) is 7.06. The zero-order chi connectivity index (χ0) is 11.0. The van der Waals surface area contributed by atoms with Gasteiger partial charge in [0.2, 0.25) is 0 Å². The van der Waals surface area contributed by atoms with Crippen LogP contribution in [0.5, 0.6) is 0 Å². The van der Waals surface area contributed by atoms with E-state index in [1.165, 1.54) is 6.42 Å². The molecular formula is C11H16ClN3. The van der Waals surface area contributed by atoms with Gasteiger partial charge >= 0.3 is 0 Å². The fourth-order valence-corrected chi connectivity index (χ4v) is 2.03. The van der Waals surface area contributed by atoms with Gasteiger partial charge in [0.15, 0.2) is 0 Å². The highest BCUT2D eigenvalue weighted by Gasteiger charge is 2.33. The fourth-order valence-electron chi connectivity index (χ4n) is 1.81. The lowest BCUT2D eigenvalue weighted by Crippen LogP contribution is -2.22. The molecule has 1 fully saturated rings. The number of rotatable bonds is 3. The minimum atomic E-state index is 0.521. The first-order valence-electron chi connectivity index (χ1n) is 5.28. The summed E-state index contributed by atoms with van der Waals surface area (Å²) >= 11 is 5.90. The van der Waals surface area contributed by atoms with Gasteiger partial charge in [-0.05, 0) is 25.2 Å². The molecule has 0 aliphatic heterocycles. The predicted octanol–water partition coefficient (Wildman–Crippen LogP) is 2.53. The summed E-state index contributed by atoms with van der Waals surface area (Å²) < 4.78 is 0. The van der Waals surface area contributed by atoms with Crippen LogP contribution in [0.4, 0.5) is 5.82 Å². The molecule has 0 saturated heterocycles. The maximum atomic E-state index is 5.90. The summed E-state index contributed by atoms with van der Waals surface area (Å²) in [5, 5.41) is 0.521. The molecule has 0 radical (unpaired) electrons. The summed E-state index contributed by atoms with van der Waals surface area (Å²) in [4.78, 5) is 10.6. The van der Waals surface area contributed by atoms with Gasteiger partial charge in [-0.15, -0.1) is 0 Å². The maximum absolute atomic E-state index is 5.90. The van der Waals surface area contributed by atoms with E-state index in [1.807, 2.05) is 13.0 Å². The van der Waals surface area contributed by atoms with E-state index in [-0.39, 0.29) is 0 Å². The van der Waals surface area contributed by atoms with Crippen LogP contribution in [-0.4, -0.2) is 23.6 Å². The Labute approximate surface area is 95.5 Å². The fraction of sp³-hybridized carbons (Fsp3) is 0.636. The van der Waals surface area contributed by atoms with Crippen LogP contribution >= 0.6 is 11.6 Å². The van der Waals surface area contributed by atoms with Crippen molar-refractivity contribution in [1.82, 2.24) is 9.97 Å². The van der Waals surface area contributed by atoms with Crippen molar-refractivity contribution in [2.24, 2.45) is 11.8 Å². The molecule has 82 valence electrons. The second kappa shape index (κ2) is 3.97. The number of halogens is 1. The van der Waals surface area contributed by atoms with Crippen molar-refractivity contribution in [2.75, 3.05) is 18.5 Å². The highest BCUT2D eigenvalue weighted by molar-refractivity contribution is 6.29. The zero-order valence-corrected chi connectivity index (χ0v) is 10.1. The molecule has 2 atom stereocenters. The van der Waals surface area contributed by atoms with E-state index in [0.717, 1.165) is 30.0 Å². The Balaban J connectivity index is 2.07. The van der Waals surface area contributed by atoms with Gasteiger partial charge in [0.05, 0.1) is 0 Å². The molecule has 0 spiro atoms. The number of nitrogens with zero attached hydrogens (tertiary/aromatic N) is 3.